The van der Waals surface area contributed by atoms with Gasteiger partial charge in [0.2, 0.25) is 5.91 Å². The standard InChI is InChI=1S/C19H21NO4/c1-13-5-3-7-16(9-13)14(2)19(23)20-11-15-6-4-8-17(10-15)24-12-18(21)22/h3-10,14H,11-12H2,1-2H3,(H,20,23)(H,21,22). The lowest BCUT2D eigenvalue weighted by atomic mass is 9.98. The SMILES string of the molecule is Cc1cccc(C(C)C(=O)NCc2cccc(OCC(=O)O)c2)c1. The molecule has 0 fully saturated rings. The molecule has 1 unspecified atom stereocenters. The molecule has 1 atom stereocenters. The van der Waals surface area contributed by atoms with E-state index in [9.17, 15) is 9.59 Å². The van der Waals surface area contributed by atoms with Gasteiger partial charge in [0.1, 0.15) is 5.75 Å². The van der Waals surface area contributed by atoms with Crippen LogP contribution in [0.4, 0.5) is 0 Å². The van der Waals surface area contributed by atoms with Gasteiger partial charge in [-0.3, -0.25) is 4.79 Å². The lowest BCUT2D eigenvalue weighted by molar-refractivity contribution is -0.139. The summed E-state index contributed by atoms with van der Waals surface area (Å²) in [5, 5.41) is 11.5. The second kappa shape index (κ2) is 8.15. The fraction of sp³-hybridized carbons (Fsp3) is 0.263. The molecule has 2 aromatic carbocycles. The Kier molecular flexibility index (Phi) is 5.95. The maximum absolute atomic E-state index is 12.3. The molecular formula is C19H21NO4. The molecule has 2 rings (SSSR count). The van der Waals surface area contributed by atoms with Gasteiger partial charge in [-0.2, -0.15) is 0 Å². The monoisotopic (exact) mass is 327 g/mol. The van der Waals surface area contributed by atoms with Crippen LogP contribution >= 0.6 is 0 Å². The van der Waals surface area contributed by atoms with E-state index in [2.05, 4.69) is 5.32 Å². The van der Waals surface area contributed by atoms with Crippen molar-refractivity contribution >= 4 is 11.9 Å². The number of aryl methyl sites for hydroxylation is 1. The molecule has 2 N–H and O–H groups in total. The van der Waals surface area contributed by atoms with E-state index in [0.717, 1.165) is 16.7 Å². The molecule has 126 valence electrons. The van der Waals surface area contributed by atoms with Crippen LogP contribution in [-0.4, -0.2) is 23.6 Å². The van der Waals surface area contributed by atoms with E-state index >= 15 is 0 Å². The number of carbonyl (C=O) groups excluding carboxylic acids is 1. The van der Waals surface area contributed by atoms with Crippen LogP contribution in [0.25, 0.3) is 0 Å². The third-order valence-electron chi connectivity index (χ3n) is 3.66. The Morgan fingerprint density at radius 1 is 1.17 bits per heavy atom. The molecule has 5 heteroatoms. The normalized spacial score (nSPS) is 11.6. The summed E-state index contributed by atoms with van der Waals surface area (Å²) in [6.45, 7) is 3.84. The van der Waals surface area contributed by atoms with E-state index in [0.29, 0.717) is 12.3 Å². The van der Waals surface area contributed by atoms with Crippen molar-refractivity contribution in [3.63, 3.8) is 0 Å². The zero-order valence-electron chi connectivity index (χ0n) is 13.8. The maximum atomic E-state index is 12.3. The highest BCUT2D eigenvalue weighted by atomic mass is 16.5. The summed E-state index contributed by atoms with van der Waals surface area (Å²) in [5.41, 5.74) is 2.95. The van der Waals surface area contributed by atoms with Gasteiger partial charge in [-0.1, -0.05) is 42.0 Å². The van der Waals surface area contributed by atoms with Crippen molar-refractivity contribution < 1.29 is 19.4 Å². The summed E-state index contributed by atoms with van der Waals surface area (Å²) in [4.78, 5) is 22.8. The molecule has 2 aromatic rings. The number of carboxylic acids is 1. The summed E-state index contributed by atoms with van der Waals surface area (Å²) >= 11 is 0. The minimum atomic E-state index is -1.03. The Morgan fingerprint density at radius 2 is 1.92 bits per heavy atom. The highest BCUT2D eigenvalue weighted by Gasteiger charge is 2.14. The van der Waals surface area contributed by atoms with Gasteiger partial charge in [0.15, 0.2) is 6.61 Å². The summed E-state index contributed by atoms with van der Waals surface area (Å²) in [6, 6.07) is 14.9. The fourth-order valence-corrected chi connectivity index (χ4v) is 2.32. The van der Waals surface area contributed by atoms with Crippen LogP contribution < -0.4 is 10.1 Å². The van der Waals surface area contributed by atoms with Gasteiger partial charge in [-0.25, -0.2) is 4.79 Å². The van der Waals surface area contributed by atoms with Crippen LogP contribution in [0.1, 0.15) is 29.5 Å². The fourth-order valence-electron chi connectivity index (χ4n) is 2.32. The van der Waals surface area contributed by atoms with Crippen LogP contribution in [0.15, 0.2) is 48.5 Å². The molecule has 0 aromatic heterocycles. The average Bonchev–Trinajstić information content (AvgIpc) is 2.57. The van der Waals surface area contributed by atoms with Gasteiger partial charge >= 0.3 is 5.97 Å². The Morgan fingerprint density at radius 3 is 2.62 bits per heavy atom. The van der Waals surface area contributed by atoms with E-state index in [1.165, 1.54) is 0 Å². The van der Waals surface area contributed by atoms with Crippen LogP contribution in [0, 0.1) is 6.92 Å². The number of hydrogen-bond acceptors (Lipinski definition) is 3. The average molecular weight is 327 g/mol. The lowest BCUT2D eigenvalue weighted by Gasteiger charge is -2.13. The Bertz CT molecular complexity index is 727. The van der Waals surface area contributed by atoms with Crippen molar-refractivity contribution in [1.82, 2.24) is 5.32 Å². The highest BCUT2D eigenvalue weighted by Crippen LogP contribution is 2.17. The minimum absolute atomic E-state index is 0.0579. The number of aliphatic carboxylic acids is 1. The molecule has 0 radical (unpaired) electrons. The zero-order valence-corrected chi connectivity index (χ0v) is 13.8. The van der Waals surface area contributed by atoms with Crippen LogP contribution in [0.3, 0.4) is 0 Å². The second-order valence-electron chi connectivity index (χ2n) is 5.68. The van der Waals surface area contributed by atoms with Crippen molar-refractivity contribution in [3.05, 3.63) is 65.2 Å². The molecule has 1 amide bonds. The number of ether oxygens (including phenoxy) is 1. The third-order valence-corrected chi connectivity index (χ3v) is 3.66. The van der Waals surface area contributed by atoms with Crippen molar-refractivity contribution in [2.45, 2.75) is 26.3 Å². The first-order chi connectivity index (χ1) is 11.5. The topological polar surface area (TPSA) is 75.6 Å². The third kappa shape index (κ3) is 5.12. The first-order valence-electron chi connectivity index (χ1n) is 7.73. The molecule has 0 aliphatic heterocycles. The smallest absolute Gasteiger partial charge is 0.341 e. The number of amides is 1. The van der Waals surface area contributed by atoms with Crippen molar-refractivity contribution in [2.75, 3.05) is 6.61 Å². The largest absolute Gasteiger partial charge is 0.482 e. The number of rotatable bonds is 7. The predicted molar refractivity (Wildman–Crippen MR) is 91.0 cm³/mol. The Hall–Kier alpha value is -2.82. The van der Waals surface area contributed by atoms with Crippen LogP contribution in [-0.2, 0) is 16.1 Å². The van der Waals surface area contributed by atoms with E-state index in [4.69, 9.17) is 9.84 Å². The summed E-state index contributed by atoms with van der Waals surface area (Å²) in [7, 11) is 0. The molecule has 0 aliphatic carbocycles. The van der Waals surface area contributed by atoms with Gasteiger partial charge in [0.25, 0.3) is 0 Å². The highest BCUT2D eigenvalue weighted by molar-refractivity contribution is 5.83. The molecule has 0 aliphatic rings. The van der Waals surface area contributed by atoms with E-state index in [-0.39, 0.29) is 18.4 Å². The van der Waals surface area contributed by atoms with E-state index in [1.807, 2.05) is 44.2 Å². The number of carboxylic acid groups (broad SMARTS) is 1. The molecule has 0 saturated carbocycles. The first-order valence-corrected chi connectivity index (χ1v) is 7.73. The Balaban J connectivity index is 1.93. The molecule has 0 bridgehead atoms. The van der Waals surface area contributed by atoms with Crippen molar-refractivity contribution in [2.24, 2.45) is 0 Å². The van der Waals surface area contributed by atoms with Gasteiger partial charge < -0.3 is 15.2 Å². The van der Waals surface area contributed by atoms with Gasteiger partial charge in [0.05, 0.1) is 5.92 Å². The van der Waals surface area contributed by atoms with Crippen molar-refractivity contribution in [1.29, 1.82) is 0 Å². The van der Waals surface area contributed by atoms with Gasteiger partial charge in [0, 0.05) is 6.54 Å². The molecule has 0 heterocycles. The molecular weight excluding hydrogens is 306 g/mol. The summed E-state index contributed by atoms with van der Waals surface area (Å²) in [6.07, 6.45) is 0. The van der Waals surface area contributed by atoms with Gasteiger partial charge in [-0.15, -0.1) is 0 Å². The van der Waals surface area contributed by atoms with Gasteiger partial charge in [-0.05, 0) is 37.1 Å². The number of carbonyl (C=O) groups is 2. The second-order valence-corrected chi connectivity index (χ2v) is 5.68. The first kappa shape index (κ1) is 17.5. The predicted octanol–water partition coefficient (Wildman–Crippen LogP) is 2.88. The Labute approximate surface area is 141 Å². The zero-order chi connectivity index (χ0) is 17.5. The number of benzene rings is 2. The number of nitrogens with one attached hydrogen (secondary N) is 1. The summed E-state index contributed by atoms with van der Waals surface area (Å²) < 4.78 is 5.13. The number of hydrogen-bond donors (Lipinski definition) is 2. The van der Waals surface area contributed by atoms with Crippen LogP contribution in [0.2, 0.25) is 0 Å². The molecule has 5 nitrogen and oxygen atoms in total. The molecule has 24 heavy (non-hydrogen) atoms. The van der Waals surface area contributed by atoms with Crippen molar-refractivity contribution in [3.8, 4) is 5.75 Å². The quantitative estimate of drug-likeness (QED) is 0.820. The van der Waals surface area contributed by atoms with E-state index in [1.54, 1.807) is 18.2 Å². The minimum Gasteiger partial charge on any atom is -0.482 e. The molecule has 0 saturated heterocycles. The maximum Gasteiger partial charge on any atom is 0.341 e. The van der Waals surface area contributed by atoms with Crippen LogP contribution in [0.5, 0.6) is 5.75 Å². The molecule has 0 spiro atoms. The lowest BCUT2D eigenvalue weighted by Crippen LogP contribution is -2.27. The summed E-state index contributed by atoms with van der Waals surface area (Å²) in [5.74, 6) is -0.856. The van der Waals surface area contributed by atoms with E-state index < -0.39 is 5.97 Å².